The predicted molar refractivity (Wildman–Crippen MR) is 130 cm³/mol. The van der Waals surface area contributed by atoms with Crippen LogP contribution in [0.2, 0.25) is 0 Å². The highest BCUT2D eigenvalue weighted by Crippen LogP contribution is 2.28. The summed E-state index contributed by atoms with van der Waals surface area (Å²) in [5.74, 6) is -0.186. The summed E-state index contributed by atoms with van der Waals surface area (Å²) in [5, 5.41) is 7.91. The summed E-state index contributed by atoms with van der Waals surface area (Å²) in [4.78, 5) is 18.1. The minimum Gasteiger partial charge on any atom is -0.341 e. The zero-order valence-corrected chi connectivity index (χ0v) is 18.6. The summed E-state index contributed by atoms with van der Waals surface area (Å²) in [6, 6.07) is 29.8. The Morgan fingerprint density at radius 2 is 1.36 bits per heavy atom. The van der Waals surface area contributed by atoms with Gasteiger partial charge < -0.3 is 5.32 Å². The number of nitrogens with zero attached hydrogens (tertiary/aromatic N) is 3. The summed E-state index contributed by atoms with van der Waals surface area (Å²) < 4.78 is 1.77. The van der Waals surface area contributed by atoms with E-state index >= 15 is 0 Å². The van der Waals surface area contributed by atoms with Gasteiger partial charge >= 0.3 is 0 Å². The molecule has 0 aliphatic carbocycles. The van der Waals surface area contributed by atoms with Gasteiger partial charge in [-0.1, -0.05) is 91.0 Å². The maximum absolute atomic E-state index is 13.4. The summed E-state index contributed by atoms with van der Waals surface area (Å²) in [7, 11) is 0. The molecule has 5 heteroatoms. The van der Waals surface area contributed by atoms with Crippen LogP contribution in [0, 0.1) is 13.8 Å². The van der Waals surface area contributed by atoms with E-state index in [1.165, 1.54) is 0 Å². The molecule has 0 aliphatic rings. The molecule has 3 aromatic carbocycles. The summed E-state index contributed by atoms with van der Waals surface area (Å²) in [6.07, 6.45) is 1.65. The van der Waals surface area contributed by atoms with Gasteiger partial charge in [-0.3, -0.25) is 4.79 Å². The average molecular weight is 433 g/mol. The molecule has 0 saturated carbocycles. The molecule has 0 spiro atoms. The van der Waals surface area contributed by atoms with Gasteiger partial charge in [0.15, 0.2) is 5.65 Å². The molecule has 33 heavy (non-hydrogen) atoms. The second-order valence-electron chi connectivity index (χ2n) is 8.05. The standard InChI is InChI=1S/C28H24N4O/c1-19-25(21-12-6-3-7-13-21)27-29-18-24(20(2)32(27)31-19)28(33)30-26(22-14-8-4-9-15-22)23-16-10-5-11-17-23/h3-18,26H,1-2H3,(H,30,33). The average Bonchev–Trinajstić information content (AvgIpc) is 3.21. The maximum atomic E-state index is 13.4. The highest BCUT2D eigenvalue weighted by molar-refractivity contribution is 5.96. The molecule has 0 aliphatic heterocycles. The van der Waals surface area contributed by atoms with Gasteiger partial charge in [-0.2, -0.15) is 5.10 Å². The van der Waals surface area contributed by atoms with Crippen molar-refractivity contribution in [1.29, 1.82) is 0 Å². The summed E-state index contributed by atoms with van der Waals surface area (Å²) >= 11 is 0. The first-order chi connectivity index (χ1) is 16.1. The van der Waals surface area contributed by atoms with Gasteiger partial charge in [-0.15, -0.1) is 0 Å². The molecule has 5 aromatic rings. The number of hydrogen-bond acceptors (Lipinski definition) is 3. The number of aromatic nitrogens is 3. The Morgan fingerprint density at radius 1 is 0.818 bits per heavy atom. The van der Waals surface area contributed by atoms with Crippen molar-refractivity contribution in [3.05, 3.63) is 125 Å². The van der Waals surface area contributed by atoms with E-state index in [0.29, 0.717) is 5.56 Å². The smallest absolute Gasteiger partial charge is 0.255 e. The minimum absolute atomic E-state index is 0.186. The van der Waals surface area contributed by atoms with Gasteiger partial charge in [0, 0.05) is 11.8 Å². The van der Waals surface area contributed by atoms with Gasteiger partial charge in [-0.05, 0) is 30.5 Å². The van der Waals surface area contributed by atoms with Crippen LogP contribution in [0.3, 0.4) is 0 Å². The number of benzene rings is 3. The second kappa shape index (κ2) is 8.71. The van der Waals surface area contributed by atoms with Crippen molar-refractivity contribution in [2.45, 2.75) is 19.9 Å². The molecular weight excluding hydrogens is 408 g/mol. The number of nitrogens with one attached hydrogen (secondary N) is 1. The van der Waals surface area contributed by atoms with Crippen LogP contribution in [0.15, 0.2) is 97.2 Å². The Kier molecular flexibility index (Phi) is 5.45. The van der Waals surface area contributed by atoms with Crippen LogP contribution >= 0.6 is 0 Å². The summed E-state index contributed by atoms with van der Waals surface area (Å²) in [6.45, 7) is 3.88. The lowest BCUT2D eigenvalue weighted by atomic mass is 9.98. The highest BCUT2D eigenvalue weighted by Gasteiger charge is 2.22. The molecule has 0 bridgehead atoms. The Bertz CT molecular complexity index is 1370. The van der Waals surface area contributed by atoms with E-state index in [1.807, 2.05) is 105 Å². The molecular formula is C28H24N4O. The van der Waals surface area contributed by atoms with Crippen LogP contribution in [0.5, 0.6) is 0 Å². The fourth-order valence-corrected chi connectivity index (χ4v) is 4.23. The first kappa shape index (κ1) is 20.6. The third kappa shape index (κ3) is 3.89. The third-order valence-electron chi connectivity index (χ3n) is 5.91. The zero-order chi connectivity index (χ0) is 22.8. The lowest BCUT2D eigenvalue weighted by Gasteiger charge is -2.20. The number of carbonyl (C=O) groups is 1. The largest absolute Gasteiger partial charge is 0.341 e. The third-order valence-corrected chi connectivity index (χ3v) is 5.91. The monoisotopic (exact) mass is 432 g/mol. The quantitative estimate of drug-likeness (QED) is 0.397. The van der Waals surface area contributed by atoms with E-state index in [-0.39, 0.29) is 11.9 Å². The second-order valence-corrected chi connectivity index (χ2v) is 8.05. The molecule has 0 saturated heterocycles. The van der Waals surface area contributed by atoms with Crippen molar-refractivity contribution in [1.82, 2.24) is 19.9 Å². The lowest BCUT2D eigenvalue weighted by molar-refractivity contribution is 0.0941. The number of aryl methyl sites for hydroxylation is 2. The highest BCUT2D eigenvalue weighted by atomic mass is 16.1. The van der Waals surface area contributed by atoms with E-state index in [2.05, 4.69) is 10.3 Å². The molecule has 0 fully saturated rings. The van der Waals surface area contributed by atoms with Crippen LogP contribution in [-0.4, -0.2) is 20.5 Å². The molecule has 0 atom stereocenters. The van der Waals surface area contributed by atoms with Crippen LogP contribution in [0.1, 0.15) is 38.9 Å². The number of carbonyl (C=O) groups excluding carboxylic acids is 1. The van der Waals surface area contributed by atoms with E-state index in [0.717, 1.165) is 39.3 Å². The van der Waals surface area contributed by atoms with Gasteiger partial charge in [0.25, 0.3) is 5.91 Å². The molecule has 1 amide bonds. The first-order valence-corrected chi connectivity index (χ1v) is 10.9. The van der Waals surface area contributed by atoms with Crippen molar-refractivity contribution in [2.75, 3.05) is 0 Å². The molecule has 2 heterocycles. The minimum atomic E-state index is -0.269. The number of fused-ring (bicyclic) bond motifs is 1. The van der Waals surface area contributed by atoms with E-state index < -0.39 is 0 Å². The molecule has 2 aromatic heterocycles. The molecule has 0 radical (unpaired) electrons. The van der Waals surface area contributed by atoms with E-state index in [1.54, 1.807) is 10.7 Å². The molecule has 0 unspecified atom stereocenters. The van der Waals surface area contributed by atoms with Crippen LogP contribution in [0.25, 0.3) is 16.8 Å². The van der Waals surface area contributed by atoms with Gasteiger partial charge in [0.1, 0.15) is 0 Å². The Morgan fingerprint density at radius 3 is 1.94 bits per heavy atom. The van der Waals surface area contributed by atoms with Crippen LogP contribution < -0.4 is 5.32 Å². The van der Waals surface area contributed by atoms with Crippen molar-refractivity contribution in [2.24, 2.45) is 0 Å². The van der Waals surface area contributed by atoms with Gasteiger partial charge in [-0.25, -0.2) is 9.50 Å². The molecule has 5 rings (SSSR count). The Labute approximate surface area is 192 Å². The van der Waals surface area contributed by atoms with Crippen LogP contribution in [0.4, 0.5) is 0 Å². The van der Waals surface area contributed by atoms with Gasteiger partial charge in [0.05, 0.1) is 23.0 Å². The van der Waals surface area contributed by atoms with Gasteiger partial charge in [0.2, 0.25) is 0 Å². The fraction of sp³-hybridized carbons (Fsp3) is 0.107. The van der Waals surface area contributed by atoms with E-state index in [9.17, 15) is 4.79 Å². The fourth-order valence-electron chi connectivity index (χ4n) is 4.23. The molecule has 162 valence electrons. The van der Waals surface area contributed by atoms with Crippen LogP contribution in [-0.2, 0) is 0 Å². The predicted octanol–water partition coefficient (Wildman–Crippen LogP) is 5.53. The SMILES string of the molecule is Cc1nn2c(C)c(C(=O)NC(c3ccccc3)c3ccccc3)cnc2c1-c1ccccc1. The molecule has 1 N–H and O–H groups in total. The zero-order valence-electron chi connectivity index (χ0n) is 18.6. The Balaban J connectivity index is 1.53. The topological polar surface area (TPSA) is 59.3 Å². The first-order valence-electron chi connectivity index (χ1n) is 10.9. The molecule has 5 nitrogen and oxygen atoms in total. The number of amides is 1. The van der Waals surface area contributed by atoms with E-state index in [4.69, 9.17) is 5.10 Å². The van der Waals surface area contributed by atoms with Crippen molar-refractivity contribution >= 4 is 11.6 Å². The Hall–Kier alpha value is -4.25. The number of rotatable bonds is 5. The maximum Gasteiger partial charge on any atom is 0.255 e. The summed E-state index contributed by atoms with van der Waals surface area (Å²) in [5.41, 5.74) is 6.95. The lowest BCUT2D eigenvalue weighted by Crippen LogP contribution is -2.30. The van der Waals surface area contributed by atoms with Crippen molar-refractivity contribution < 1.29 is 4.79 Å². The normalized spacial score (nSPS) is 11.1. The number of hydrogen-bond donors (Lipinski definition) is 1. The van der Waals surface area contributed by atoms with Crippen molar-refractivity contribution in [3.63, 3.8) is 0 Å². The van der Waals surface area contributed by atoms with Crippen molar-refractivity contribution in [3.8, 4) is 11.1 Å².